The van der Waals surface area contributed by atoms with Crippen LogP contribution in [0, 0.1) is 23.7 Å². The van der Waals surface area contributed by atoms with E-state index in [0.29, 0.717) is 37.4 Å². The van der Waals surface area contributed by atoms with Crippen LogP contribution in [0.4, 0.5) is 0 Å². The van der Waals surface area contributed by atoms with Crippen LogP contribution in [0.1, 0.15) is 105 Å². The molecule has 1 aliphatic rings. The molecule has 0 amide bonds. The molecule has 2 unspecified atom stereocenters. The molecule has 0 aliphatic heterocycles. The van der Waals surface area contributed by atoms with E-state index >= 15 is 0 Å². The molecular weight excluding hydrogens is 492 g/mol. The highest BCUT2D eigenvalue weighted by atomic mass is 16.5. The first-order chi connectivity index (χ1) is 18.6. The van der Waals surface area contributed by atoms with E-state index in [4.69, 9.17) is 19.3 Å². The zero-order valence-electron chi connectivity index (χ0n) is 26.5. The van der Waals surface area contributed by atoms with Gasteiger partial charge in [0.2, 0.25) is 0 Å². The molecule has 6 nitrogen and oxygen atoms in total. The lowest BCUT2D eigenvalue weighted by Crippen LogP contribution is -2.21. The minimum absolute atomic E-state index is 0.0139. The van der Waals surface area contributed by atoms with Crippen LogP contribution in [-0.4, -0.2) is 55.6 Å². The first kappa shape index (κ1) is 37.4. The van der Waals surface area contributed by atoms with Crippen molar-refractivity contribution >= 4 is 5.78 Å². The van der Waals surface area contributed by atoms with Gasteiger partial charge in [0.1, 0.15) is 5.78 Å². The van der Waals surface area contributed by atoms with Gasteiger partial charge in [0.05, 0.1) is 25.9 Å². The molecular formula is C33H60O6. The number of ketones is 1. The van der Waals surface area contributed by atoms with Gasteiger partial charge in [-0.15, -0.1) is 0 Å². The summed E-state index contributed by atoms with van der Waals surface area (Å²) in [6.45, 7) is 15.5. The van der Waals surface area contributed by atoms with Crippen molar-refractivity contribution in [3.63, 3.8) is 0 Å². The summed E-state index contributed by atoms with van der Waals surface area (Å²) in [7, 11) is 3.34. The van der Waals surface area contributed by atoms with E-state index in [2.05, 4.69) is 32.9 Å². The van der Waals surface area contributed by atoms with Gasteiger partial charge in [0, 0.05) is 26.1 Å². The van der Waals surface area contributed by atoms with E-state index < -0.39 is 6.10 Å². The van der Waals surface area contributed by atoms with Crippen molar-refractivity contribution < 1.29 is 29.2 Å². The van der Waals surface area contributed by atoms with Gasteiger partial charge in [-0.25, -0.2) is 0 Å². The lowest BCUT2D eigenvalue weighted by molar-refractivity contribution is -0.121. The maximum Gasteiger partial charge on any atom is 0.161 e. The van der Waals surface area contributed by atoms with Gasteiger partial charge in [0.25, 0.3) is 0 Å². The molecule has 228 valence electrons. The highest BCUT2D eigenvalue weighted by molar-refractivity contribution is 5.78. The molecule has 1 fully saturated rings. The third-order valence-electron chi connectivity index (χ3n) is 7.73. The van der Waals surface area contributed by atoms with Crippen molar-refractivity contribution in [3.05, 3.63) is 23.8 Å². The molecule has 0 heterocycles. The molecule has 0 spiro atoms. The van der Waals surface area contributed by atoms with Crippen molar-refractivity contribution in [1.82, 2.24) is 0 Å². The SMILES string of the molecule is CC.CC1CCC[C@H]1O.CC[C@H](C[C@H](O)CCC(Cc1ccc(OC)c(OCCCOC)c1)C(C)C)C(C)=O. The van der Waals surface area contributed by atoms with Crippen LogP contribution >= 0.6 is 0 Å². The fraction of sp³-hybridized carbons (Fsp3) is 0.788. The van der Waals surface area contributed by atoms with Crippen molar-refractivity contribution in [2.45, 2.75) is 118 Å². The molecule has 0 bridgehead atoms. The minimum Gasteiger partial charge on any atom is -0.493 e. The summed E-state index contributed by atoms with van der Waals surface area (Å²) in [5.41, 5.74) is 1.21. The average Bonchev–Trinajstić information content (AvgIpc) is 3.30. The Kier molecular flexibility index (Phi) is 21.2. The van der Waals surface area contributed by atoms with Crippen LogP contribution in [0.2, 0.25) is 0 Å². The van der Waals surface area contributed by atoms with Gasteiger partial charge in [-0.1, -0.05) is 54.0 Å². The molecule has 1 saturated carbocycles. The number of hydrogen-bond donors (Lipinski definition) is 2. The maximum atomic E-state index is 11.7. The van der Waals surface area contributed by atoms with Gasteiger partial charge in [-0.3, -0.25) is 4.79 Å². The van der Waals surface area contributed by atoms with Gasteiger partial charge >= 0.3 is 0 Å². The van der Waals surface area contributed by atoms with Crippen LogP contribution in [0.3, 0.4) is 0 Å². The molecule has 39 heavy (non-hydrogen) atoms. The smallest absolute Gasteiger partial charge is 0.161 e. The summed E-state index contributed by atoms with van der Waals surface area (Å²) in [6.07, 6.45) is 7.84. The summed E-state index contributed by atoms with van der Waals surface area (Å²) >= 11 is 0. The van der Waals surface area contributed by atoms with Crippen LogP contribution in [0.25, 0.3) is 0 Å². The molecule has 1 aromatic carbocycles. The second-order valence-electron chi connectivity index (χ2n) is 11.0. The van der Waals surface area contributed by atoms with Gasteiger partial charge in [0.15, 0.2) is 11.5 Å². The molecule has 0 saturated heterocycles. The highest BCUT2D eigenvalue weighted by Gasteiger charge is 2.21. The van der Waals surface area contributed by atoms with Crippen molar-refractivity contribution in [2.24, 2.45) is 23.7 Å². The Labute approximate surface area is 239 Å². The zero-order chi connectivity index (χ0) is 29.8. The number of Topliss-reactive ketones (excluding diaryl/α,β-unsaturated/α-hetero) is 1. The highest BCUT2D eigenvalue weighted by Crippen LogP contribution is 2.31. The van der Waals surface area contributed by atoms with Crippen LogP contribution < -0.4 is 9.47 Å². The van der Waals surface area contributed by atoms with Gasteiger partial charge < -0.3 is 24.4 Å². The zero-order valence-corrected chi connectivity index (χ0v) is 26.5. The standard InChI is InChI=1S/C25H42O5.C6H12O.C2H6/c1-7-21(19(4)26)17-23(27)11-10-22(18(2)3)15-20-9-12-24(29-6)25(16-20)30-14-8-13-28-5;1-5-3-2-4-6(5)7;1-2/h9,12,16,18,21-23,27H,7-8,10-11,13-15,17H2,1-6H3;5-7H,2-4H2,1H3;1-2H3/t21-,22?,23-;5?,6-;/m11./s1. The second-order valence-corrected chi connectivity index (χ2v) is 11.0. The van der Waals surface area contributed by atoms with Crippen LogP contribution in [0.5, 0.6) is 11.5 Å². The number of aliphatic hydroxyl groups excluding tert-OH is 2. The first-order valence-corrected chi connectivity index (χ1v) is 15.3. The number of carbonyl (C=O) groups excluding carboxylic acids is 1. The number of hydrogen-bond acceptors (Lipinski definition) is 6. The summed E-state index contributed by atoms with van der Waals surface area (Å²) in [4.78, 5) is 11.7. The van der Waals surface area contributed by atoms with E-state index in [1.165, 1.54) is 18.4 Å². The quantitative estimate of drug-likeness (QED) is 0.210. The Morgan fingerprint density at radius 2 is 1.77 bits per heavy atom. The van der Waals surface area contributed by atoms with Crippen molar-refractivity contribution in [1.29, 1.82) is 0 Å². The fourth-order valence-electron chi connectivity index (χ4n) is 4.92. The summed E-state index contributed by atoms with van der Waals surface area (Å²) in [5, 5.41) is 19.4. The third-order valence-corrected chi connectivity index (χ3v) is 7.73. The van der Waals surface area contributed by atoms with E-state index in [0.717, 1.165) is 50.0 Å². The topological polar surface area (TPSA) is 85.2 Å². The number of methoxy groups -OCH3 is 2. The molecule has 5 atom stereocenters. The first-order valence-electron chi connectivity index (χ1n) is 15.3. The number of ether oxygens (including phenoxy) is 3. The Bertz CT molecular complexity index is 742. The normalized spacial score (nSPS) is 18.8. The van der Waals surface area contributed by atoms with E-state index in [9.17, 15) is 9.90 Å². The van der Waals surface area contributed by atoms with Crippen molar-refractivity contribution in [2.75, 3.05) is 27.4 Å². The Hall–Kier alpha value is -1.63. The summed E-state index contributed by atoms with van der Waals surface area (Å²) in [5.74, 6) is 3.17. The van der Waals surface area contributed by atoms with Crippen LogP contribution in [0.15, 0.2) is 18.2 Å². The Morgan fingerprint density at radius 3 is 2.23 bits per heavy atom. The number of aliphatic hydroxyl groups is 2. The van der Waals surface area contributed by atoms with Crippen molar-refractivity contribution in [3.8, 4) is 11.5 Å². The van der Waals surface area contributed by atoms with Gasteiger partial charge in [-0.2, -0.15) is 0 Å². The number of rotatable bonds is 16. The molecule has 2 N–H and O–H groups in total. The largest absolute Gasteiger partial charge is 0.493 e. The predicted octanol–water partition coefficient (Wildman–Crippen LogP) is 7.27. The molecule has 0 radical (unpaired) electrons. The summed E-state index contributed by atoms with van der Waals surface area (Å²) < 4.78 is 16.4. The third kappa shape index (κ3) is 15.7. The second kappa shape index (κ2) is 22.1. The van der Waals surface area contributed by atoms with E-state index in [-0.39, 0.29) is 17.8 Å². The molecule has 6 heteroatoms. The van der Waals surface area contributed by atoms with E-state index in [1.807, 2.05) is 26.8 Å². The molecule has 2 rings (SSSR count). The Balaban J connectivity index is 0.00000136. The Morgan fingerprint density at radius 1 is 1.08 bits per heavy atom. The maximum absolute atomic E-state index is 11.7. The predicted molar refractivity (Wildman–Crippen MR) is 162 cm³/mol. The summed E-state index contributed by atoms with van der Waals surface area (Å²) in [6, 6.07) is 6.13. The fourth-order valence-corrected chi connectivity index (χ4v) is 4.92. The van der Waals surface area contributed by atoms with Crippen LogP contribution in [-0.2, 0) is 16.0 Å². The minimum atomic E-state index is -0.421. The number of carbonyl (C=O) groups is 1. The lowest BCUT2D eigenvalue weighted by atomic mass is 9.83. The lowest BCUT2D eigenvalue weighted by Gasteiger charge is -2.24. The molecule has 1 aliphatic carbocycles. The average molecular weight is 553 g/mol. The number of benzene rings is 1. The van der Waals surface area contributed by atoms with E-state index in [1.54, 1.807) is 21.1 Å². The van der Waals surface area contributed by atoms with Gasteiger partial charge in [-0.05, 0) is 87.3 Å². The monoisotopic (exact) mass is 552 g/mol. The molecule has 0 aromatic heterocycles. The molecule has 1 aromatic rings.